The molecular weight excluding hydrogens is 236 g/mol. The molecule has 0 aliphatic rings. The van der Waals surface area contributed by atoms with Crippen LogP contribution in [-0.2, 0) is 0 Å². The maximum absolute atomic E-state index is 8.75. The van der Waals surface area contributed by atoms with Crippen molar-refractivity contribution < 1.29 is 0 Å². The fourth-order valence-corrected chi connectivity index (χ4v) is 2.01. The van der Waals surface area contributed by atoms with E-state index in [0.29, 0.717) is 24.8 Å². The van der Waals surface area contributed by atoms with Gasteiger partial charge in [0.2, 0.25) is 5.95 Å². The van der Waals surface area contributed by atoms with E-state index in [1.54, 1.807) is 0 Å². The average Bonchev–Trinajstić information content (AvgIpc) is 2.42. The van der Waals surface area contributed by atoms with Crippen molar-refractivity contribution in [2.24, 2.45) is 5.92 Å². The second kappa shape index (κ2) is 6.14. The Morgan fingerprint density at radius 1 is 1.32 bits per heavy atom. The molecule has 2 aromatic rings. The van der Waals surface area contributed by atoms with Crippen molar-refractivity contribution >= 4 is 16.9 Å². The van der Waals surface area contributed by atoms with Crippen LogP contribution >= 0.6 is 0 Å². The first-order valence-electron chi connectivity index (χ1n) is 6.54. The van der Waals surface area contributed by atoms with Crippen molar-refractivity contribution in [1.82, 2.24) is 9.97 Å². The molecule has 0 saturated carbocycles. The minimum Gasteiger partial charge on any atom is -0.340 e. The maximum atomic E-state index is 8.75. The zero-order valence-electron chi connectivity index (χ0n) is 11.4. The van der Waals surface area contributed by atoms with E-state index < -0.39 is 0 Å². The third kappa shape index (κ3) is 3.41. The lowest BCUT2D eigenvalue weighted by Crippen LogP contribution is -2.30. The van der Waals surface area contributed by atoms with Crippen molar-refractivity contribution in [2.75, 3.05) is 18.0 Å². The summed E-state index contributed by atoms with van der Waals surface area (Å²) < 4.78 is 0. The maximum Gasteiger partial charge on any atom is 0.225 e. The number of hydrogen-bond donors (Lipinski definition) is 0. The molecule has 1 aromatic carbocycles. The molecule has 98 valence electrons. The Morgan fingerprint density at radius 3 is 2.84 bits per heavy atom. The van der Waals surface area contributed by atoms with Crippen molar-refractivity contribution in [2.45, 2.75) is 20.3 Å². The van der Waals surface area contributed by atoms with Crippen LogP contribution in [0, 0.1) is 17.2 Å². The molecular formula is C15H18N4. The molecule has 4 heteroatoms. The Labute approximate surface area is 113 Å². The first kappa shape index (κ1) is 13.3. The molecule has 0 bridgehead atoms. The molecule has 0 fully saturated rings. The second-order valence-electron chi connectivity index (χ2n) is 4.98. The average molecular weight is 254 g/mol. The lowest BCUT2D eigenvalue weighted by atomic mass is 10.2. The van der Waals surface area contributed by atoms with Gasteiger partial charge in [0.15, 0.2) is 0 Å². The van der Waals surface area contributed by atoms with Crippen LogP contribution in [0.5, 0.6) is 0 Å². The van der Waals surface area contributed by atoms with Gasteiger partial charge in [0.25, 0.3) is 0 Å². The third-order valence-corrected chi connectivity index (χ3v) is 2.84. The molecule has 2 rings (SSSR count). The molecule has 0 radical (unpaired) electrons. The highest BCUT2D eigenvalue weighted by molar-refractivity contribution is 5.78. The van der Waals surface area contributed by atoms with E-state index in [2.05, 4.69) is 34.8 Å². The Morgan fingerprint density at radius 2 is 2.11 bits per heavy atom. The van der Waals surface area contributed by atoms with E-state index in [1.807, 2.05) is 30.5 Å². The minimum absolute atomic E-state index is 0.489. The van der Waals surface area contributed by atoms with Crippen LogP contribution in [0.1, 0.15) is 20.3 Å². The Bertz CT molecular complexity index is 586. The van der Waals surface area contributed by atoms with Gasteiger partial charge in [-0.05, 0) is 12.0 Å². The van der Waals surface area contributed by atoms with E-state index in [-0.39, 0.29) is 0 Å². The number of aromatic nitrogens is 2. The summed E-state index contributed by atoms with van der Waals surface area (Å²) in [5, 5.41) is 9.79. The molecule has 0 N–H and O–H groups in total. The zero-order valence-corrected chi connectivity index (χ0v) is 11.4. The van der Waals surface area contributed by atoms with E-state index in [4.69, 9.17) is 5.26 Å². The molecule has 0 amide bonds. The number of nitrogens with zero attached hydrogens (tertiary/aromatic N) is 4. The van der Waals surface area contributed by atoms with Crippen LogP contribution < -0.4 is 4.90 Å². The number of para-hydroxylation sites is 1. The van der Waals surface area contributed by atoms with E-state index >= 15 is 0 Å². The lowest BCUT2D eigenvalue weighted by molar-refractivity contribution is 0.603. The molecule has 0 aliphatic carbocycles. The van der Waals surface area contributed by atoms with Gasteiger partial charge < -0.3 is 4.90 Å². The summed E-state index contributed by atoms with van der Waals surface area (Å²) in [4.78, 5) is 11.1. The molecule has 0 unspecified atom stereocenters. The monoisotopic (exact) mass is 254 g/mol. The van der Waals surface area contributed by atoms with Gasteiger partial charge in [-0.25, -0.2) is 9.97 Å². The third-order valence-electron chi connectivity index (χ3n) is 2.84. The fourth-order valence-electron chi connectivity index (χ4n) is 2.01. The molecule has 1 heterocycles. The van der Waals surface area contributed by atoms with Crippen LogP contribution in [0.4, 0.5) is 5.95 Å². The number of rotatable bonds is 5. The summed E-state index contributed by atoms with van der Waals surface area (Å²) in [6.45, 7) is 5.84. The molecule has 0 aliphatic heterocycles. The van der Waals surface area contributed by atoms with Gasteiger partial charge in [0.1, 0.15) is 0 Å². The van der Waals surface area contributed by atoms with Gasteiger partial charge in [-0.3, -0.25) is 0 Å². The van der Waals surface area contributed by atoms with Gasteiger partial charge in [-0.1, -0.05) is 32.0 Å². The highest BCUT2D eigenvalue weighted by atomic mass is 15.2. The highest BCUT2D eigenvalue weighted by Gasteiger charge is 2.11. The lowest BCUT2D eigenvalue weighted by Gasteiger charge is -2.23. The van der Waals surface area contributed by atoms with Gasteiger partial charge in [-0.15, -0.1) is 0 Å². The van der Waals surface area contributed by atoms with Gasteiger partial charge in [0, 0.05) is 24.7 Å². The van der Waals surface area contributed by atoms with E-state index in [9.17, 15) is 0 Å². The Hall–Kier alpha value is -2.15. The Kier molecular flexibility index (Phi) is 4.30. The predicted molar refractivity (Wildman–Crippen MR) is 76.8 cm³/mol. The summed E-state index contributed by atoms with van der Waals surface area (Å²) in [6.07, 6.45) is 2.33. The smallest absolute Gasteiger partial charge is 0.225 e. The molecule has 0 saturated heterocycles. The first-order valence-corrected chi connectivity index (χ1v) is 6.54. The summed E-state index contributed by atoms with van der Waals surface area (Å²) in [7, 11) is 0. The van der Waals surface area contributed by atoms with Crippen molar-refractivity contribution in [3.05, 3.63) is 30.5 Å². The van der Waals surface area contributed by atoms with Crippen LogP contribution in [0.2, 0.25) is 0 Å². The molecule has 0 atom stereocenters. The van der Waals surface area contributed by atoms with Gasteiger partial charge in [-0.2, -0.15) is 5.26 Å². The Balaban J connectivity index is 2.29. The molecule has 4 nitrogen and oxygen atoms in total. The van der Waals surface area contributed by atoms with Crippen LogP contribution in [0.25, 0.3) is 10.9 Å². The van der Waals surface area contributed by atoms with Crippen molar-refractivity contribution in [1.29, 1.82) is 5.26 Å². The second-order valence-corrected chi connectivity index (χ2v) is 4.98. The topological polar surface area (TPSA) is 52.8 Å². The summed E-state index contributed by atoms with van der Waals surface area (Å²) in [5.41, 5.74) is 0.943. The van der Waals surface area contributed by atoms with Crippen LogP contribution in [0.3, 0.4) is 0 Å². The SMILES string of the molecule is CC(C)CN(CCC#N)c1ncc2ccccc2n1. The number of anilines is 1. The minimum atomic E-state index is 0.489. The van der Waals surface area contributed by atoms with Gasteiger partial charge in [0.05, 0.1) is 18.0 Å². The number of benzene rings is 1. The molecule has 19 heavy (non-hydrogen) atoms. The van der Waals surface area contributed by atoms with E-state index in [1.165, 1.54) is 0 Å². The van der Waals surface area contributed by atoms with Crippen molar-refractivity contribution in [3.8, 4) is 6.07 Å². The summed E-state index contributed by atoms with van der Waals surface area (Å²) in [6, 6.07) is 10.1. The molecule has 0 spiro atoms. The van der Waals surface area contributed by atoms with E-state index in [0.717, 1.165) is 17.4 Å². The standard InChI is InChI=1S/C15H18N4/c1-12(2)11-19(9-5-8-16)15-17-10-13-6-3-4-7-14(13)18-15/h3-4,6-7,10,12H,5,9,11H2,1-2H3. The fraction of sp³-hybridized carbons (Fsp3) is 0.400. The number of hydrogen-bond acceptors (Lipinski definition) is 4. The largest absolute Gasteiger partial charge is 0.340 e. The van der Waals surface area contributed by atoms with Crippen LogP contribution in [0.15, 0.2) is 30.5 Å². The molecule has 1 aromatic heterocycles. The summed E-state index contributed by atoms with van der Waals surface area (Å²) >= 11 is 0. The summed E-state index contributed by atoms with van der Waals surface area (Å²) in [5.74, 6) is 1.22. The normalized spacial score (nSPS) is 10.6. The van der Waals surface area contributed by atoms with Crippen molar-refractivity contribution in [3.63, 3.8) is 0 Å². The first-order chi connectivity index (χ1) is 9.20. The number of nitriles is 1. The van der Waals surface area contributed by atoms with Crippen LogP contribution in [-0.4, -0.2) is 23.1 Å². The highest BCUT2D eigenvalue weighted by Crippen LogP contribution is 2.16. The zero-order chi connectivity index (χ0) is 13.7. The van der Waals surface area contributed by atoms with Gasteiger partial charge >= 0.3 is 0 Å². The number of fused-ring (bicyclic) bond motifs is 1. The quantitative estimate of drug-likeness (QED) is 0.823. The predicted octanol–water partition coefficient (Wildman–Crippen LogP) is 3.01.